The zero-order chi connectivity index (χ0) is 21.1. The lowest BCUT2D eigenvalue weighted by Gasteiger charge is -2.25. The van der Waals surface area contributed by atoms with E-state index in [-0.39, 0.29) is 11.7 Å². The minimum Gasteiger partial charge on any atom is -0.486 e. The van der Waals surface area contributed by atoms with Crippen LogP contribution in [0.2, 0.25) is 0 Å². The third-order valence-corrected chi connectivity index (χ3v) is 6.18. The minimum absolute atomic E-state index is 0.168. The fourth-order valence-corrected chi connectivity index (χ4v) is 4.41. The second-order valence-corrected chi connectivity index (χ2v) is 7.96. The molecule has 0 radical (unpaired) electrons. The first-order chi connectivity index (χ1) is 14.6. The van der Waals surface area contributed by atoms with Crippen LogP contribution in [0.15, 0.2) is 36.4 Å². The summed E-state index contributed by atoms with van der Waals surface area (Å²) in [6, 6.07) is 9.70. The maximum atomic E-state index is 13.6. The fraction of sp³-hybridized carbons (Fsp3) is 0.364. The number of amides is 1. The first-order valence-corrected chi connectivity index (χ1v) is 10.9. The monoisotopic (exact) mass is 429 g/mol. The summed E-state index contributed by atoms with van der Waals surface area (Å²) in [5.74, 6) is 0.731. The Morgan fingerprint density at radius 2 is 1.83 bits per heavy atom. The number of carbonyl (C=O) groups excluding carboxylic acids is 1. The van der Waals surface area contributed by atoms with Crippen molar-refractivity contribution in [3.8, 4) is 11.5 Å². The summed E-state index contributed by atoms with van der Waals surface area (Å²) < 4.78 is 25.6. The van der Waals surface area contributed by atoms with E-state index in [0.29, 0.717) is 58.7 Å². The van der Waals surface area contributed by atoms with Crippen molar-refractivity contribution in [1.29, 1.82) is 0 Å². The van der Waals surface area contributed by atoms with Crippen molar-refractivity contribution in [2.24, 2.45) is 0 Å². The van der Waals surface area contributed by atoms with Gasteiger partial charge in [-0.2, -0.15) is 0 Å². The van der Waals surface area contributed by atoms with Gasteiger partial charge in [-0.05, 0) is 49.5 Å². The number of rotatable bonds is 7. The molecule has 0 N–H and O–H groups in total. The van der Waals surface area contributed by atoms with Crippen LogP contribution >= 0.6 is 11.3 Å². The number of halogens is 1. The molecule has 2 aromatic carbocycles. The summed E-state index contributed by atoms with van der Waals surface area (Å²) in [5.41, 5.74) is 1.18. The molecular formula is C22H24FN3O3S. The van der Waals surface area contributed by atoms with E-state index in [2.05, 4.69) is 23.7 Å². The van der Waals surface area contributed by atoms with Gasteiger partial charge in [-0.25, -0.2) is 9.37 Å². The number of hydrogen-bond acceptors (Lipinski definition) is 6. The van der Waals surface area contributed by atoms with Crippen LogP contribution in [0.3, 0.4) is 0 Å². The van der Waals surface area contributed by atoms with Crippen LogP contribution in [0.25, 0.3) is 10.2 Å². The summed E-state index contributed by atoms with van der Waals surface area (Å²) in [6.07, 6.45) is 0. The first kappa shape index (κ1) is 20.6. The quantitative estimate of drug-likeness (QED) is 0.564. The number of aromatic nitrogens is 1. The minimum atomic E-state index is -0.314. The predicted molar refractivity (Wildman–Crippen MR) is 116 cm³/mol. The molecule has 1 aromatic heterocycles. The lowest BCUT2D eigenvalue weighted by Crippen LogP contribution is -2.38. The van der Waals surface area contributed by atoms with E-state index in [0.717, 1.165) is 13.1 Å². The molecule has 1 amide bonds. The molecule has 0 saturated carbocycles. The molecule has 3 aromatic rings. The van der Waals surface area contributed by atoms with Crippen LogP contribution in [-0.2, 0) is 0 Å². The average Bonchev–Trinajstić information content (AvgIpc) is 3.18. The van der Waals surface area contributed by atoms with Gasteiger partial charge in [0.2, 0.25) is 0 Å². The molecular weight excluding hydrogens is 405 g/mol. The molecule has 4 rings (SSSR count). The van der Waals surface area contributed by atoms with Gasteiger partial charge in [-0.1, -0.05) is 25.2 Å². The molecule has 0 fully saturated rings. The maximum Gasteiger partial charge on any atom is 0.260 e. The van der Waals surface area contributed by atoms with Gasteiger partial charge in [-0.3, -0.25) is 9.69 Å². The Balaban J connectivity index is 1.67. The van der Waals surface area contributed by atoms with Gasteiger partial charge in [0.1, 0.15) is 19.0 Å². The van der Waals surface area contributed by atoms with E-state index in [1.807, 2.05) is 0 Å². The van der Waals surface area contributed by atoms with Crippen LogP contribution < -0.4 is 14.4 Å². The van der Waals surface area contributed by atoms with Crippen LogP contribution in [-0.4, -0.2) is 55.2 Å². The van der Waals surface area contributed by atoms with Crippen LogP contribution in [0.1, 0.15) is 24.2 Å². The van der Waals surface area contributed by atoms with E-state index in [1.165, 1.54) is 23.5 Å². The zero-order valence-electron chi connectivity index (χ0n) is 17.1. The van der Waals surface area contributed by atoms with E-state index in [4.69, 9.17) is 9.47 Å². The number of carbonyl (C=O) groups is 1. The van der Waals surface area contributed by atoms with Gasteiger partial charge in [0.15, 0.2) is 16.6 Å². The van der Waals surface area contributed by atoms with Crippen LogP contribution in [0.5, 0.6) is 11.5 Å². The number of benzene rings is 2. The fourth-order valence-electron chi connectivity index (χ4n) is 3.40. The molecule has 0 aliphatic carbocycles. The highest BCUT2D eigenvalue weighted by Gasteiger charge is 2.24. The Morgan fingerprint density at radius 3 is 2.60 bits per heavy atom. The number of likely N-dealkylation sites (N-methyl/N-ethyl adjacent to an activating group) is 1. The summed E-state index contributed by atoms with van der Waals surface area (Å²) >= 11 is 1.32. The molecule has 6 nitrogen and oxygen atoms in total. The zero-order valence-corrected chi connectivity index (χ0v) is 17.9. The van der Waals surface area contributed by atoms with E-state index in [1.54, 1.807) is 29.2 Å². The van der Waals surface area contributed by atoms with Gasteiger partial charge < -0.3 is 14.4 Å². The molecule has 0 atom stereocenters. The third-order valence-electron chi connectivity index (χ3n) is 5.14. The van der Waals surface area contributed by atoms with E-state index in [9.17, 15) is 9.18 Å². The largest absolute Gasteiger partial charge is 0.486 e. The second kappa shape index (κ2) is 8.97. The number of thiazole rings is 1. The first-order valence-electron chi connectivity index (χ1n) is 10.1. The van der Waals surface area contributed by atoms with Crippen LogP contribution in [0.4, 0.5) is 9.52 Å². The lowest BCUT2D eigenvalue weighted by atomic mass is 10.1. The summed E-state index contributed by atoms with van der Waals surface area (Å²) in [4.78, 5) is 22.0. The molecule has 1 aliphatic heterocycles. The highest BCUT2D eigenvalue weighted by atomic mass is 32.1. The van der Waals surface area contributed by atoms with Gasteiger partial charge in [0.25, 0.3) is 5.91 Å². The van der Waals surface area contributed by atoms with Crippen molar-refractivity contribution < 1.29 is 18.7 Å². The van der Waals surface area contributed by atoms with Crippen molar-refractivity contribution in [3.63, 3.8) is 0 Å². The Labute approximate surface area is 178 Å². The smallest absolute Gasteiger partial charge is 0.260 e. The topological polar surface area (TPSA) is 54.9 Å². The highest BCUT2D eigenvalue weighted by molar-refractivity contribution is 7.22. The maximum absolute atomic E-state index is 13.6. The summed E-state index contributed by atoms with van der Waals surface area (Å²) in [5, 5.41) is 0.558. The average molecular weight is 430 g/mol. The molecule has 2 heterocycles. The molecule has 158 valence electrons. The Hall–Kier alpha value is -2.71. The number of ether oxygens (including phenoxy) is 2. The standard InChI is InChI=1S/C22H24FN3O3S/c1-3-25(4-2)9-10-26(22-24-17-7-6-16(23)14-20(17)30-22)21(27)15-5-8-18-19(13-15)29-12-11-28-18/h5-8,13-14H,3-4,9-12H2,1-2H3. The van der Waals surface area contributed by atoms with Crippen molar-refractivity contribution in [3.05, 3.63) is 47.8 Å². The van der Waals surface area contributed by atoms with Crippen molar-refractivity contribution in [2.75, 3.05) is 44.3 Å². The van der Waals surface area contributed by atoms with Gasteiger partial charge in [0.05, 0.1) is 10.2 Å². The number of fused-ring (bicyclic) bond motifs is 2. The van der Waals surface area contributed by atoms with E-state index >= 15 is 0 Å². The molecule has 0 spiro atoms. The van der Waals surface area contributed by atoms with E-state index < -0.39 is 0 Å². The predicted octanol–water partition coefficient (Wildman–Crippen LogP) is 4.20. The van der Waals surface area contributed by atoms with Crippen molar-refractivity contribution >= 4 is 32.6 Å². The Bertz CT molecular complexity index is 1050. The van der Waals surface area contributed by atoms with Gasteiger partial charge in [-0.15, -0.1) is 0 Å². The lowest BCUT2D eigenvalue weighted by molar-refractivity contribution is 0.0982. The number of hydrogen-bond donors (Lipinski definition) is 0. The number of anilines is 1. The molecule has 8 heteroatoms. The third kappa shape index (κ3) is 4.24. The Kier molecular flexibility index (Phi) is 6.15. The second-order valence-electron chi connectivity index (χ2n) is 6.95. The summed E-state index contributed by atoms with van der Waals surface area (Å²) in [7, 11) is 0. The molecule has 30 heavy (non-hydrogen) atoms. The van der Waals surface area contributed by atoms with Crippen LogP contribution in [0, 0.1) is 5.82 Å². The molecule has 1 aliphatic rings. The molecule has 0 saturated heterocycles. The van der Waals surface area contributed by atoms with Gasteiger partial charge in [0, 0.05) is 18.7 Å². The van der Waals surface area contributed by atoms with Gasteiger partial charge >= 0.3 is 0 Å². The molecule has 0 bridgehead atoms. The van der Waals surface area contributed by atoms with Crippen molar-refractivity contribution in [1.82, 2.24) is 9.88 Å². The normalized spacial score (nSPS) is 13.1. The summed E-state index contributed by atoms with van der Waals surface area (Å²) in [6.45, 7) is 8.14. The Morgan fingerprint density at radius 1 is 1.07 bits per heavy atom. The highest BCUT2D eigenvalue weighted by Crippen LogP contribution is 2.33. The SMILES string of the molecule is CCN(CC)CCN(C(=O)c1ccc2c(c1)OCCO2)c1nc2ccc(F)cc2s1. The number of nitrogens with zero attached hydrogens (tertiary/aromatic N) is 3. The molecule has 0 unspecified atom stereocenters. The van der Waals surface area contributed by atoms with Crippen molar-refractivity contribution in [2.45, 2.75) is 13.8 Å².